The third-order valence-electron chi connectivity index (χ3n) is 3.41. The number of para-hydroxylation sites is 1. The average Bonchev–Trinajstić information content (AvgIpc) is 3.05. The van der Waals surface area contributed by atoms with Crippen LogP contribution in [0.15, 0.2) is 47.8 Å². The van der Waals surface area contributed by atoms with Gasteiger partial charge in [0.25, 0.3) is 0 Å². The lowest BCUT2D eigenvalue weighted by atomic mass is 10.2. The molecule has 0 radical (unpaired) electrons. The van der Waals surface area contributed by atoms with Gasteiger partial charge in [-0.05, 0) is 48.0 Å². The van der Waals surface area contributed by atoms with Crippen LogP contribution in [0.1, 0.15) is 12.5 Å². The Hall–Kier alpha value is -2.45. The first-order valence-electron chi connectivity index (χ1n) is 7.48. The van der Waals surface area contributed by atoms with E-state index in [0.29, 0.717) is 16.0 Å². The summed E-state index contributed by atoms with van der Waals surface area (Å²) in [7, 11) is 0. The Morgan fingerprint density at radius 3 is 2.80 bits per heavy atom. The van der Waals surface area contributed by atoms with Gasteiger partial charge >= 0.3 is 0 Å². The standard InChI is InChI=1S/C16H15ClN6OS/c1-10-5-3-4-6-13(10)23-16(20-21-22-23)25-11(2)15(24)19-14-8-7-12(17)9-18-14/h3-9,11H,1-2H3,(H,18,19,24)/t11-/m0/s1. The molecule has 0 unspecified atom stereocenters. The molecule has 2 aromatic heterocycles. The zero-order chi connectivity index (χ0) is 17.8. The number of benzene rings is 1. The fraction of sp³-hybridized carbons (Fsp3) is 0.188. The number of rotatable bonds is 5. The number of nitrogens with one attached hydrogen (secondary N) is 1. The number of aryl methyl sites for hydroxylation is 1. The lowest BCUT2D eigenvalue weighted by molar-refractivity contribution is -0.115. The van der Waals surface area contributed by atoms with E-state index in [0.717, 1.165) is 11.3 Å². The van der Waals surface area contributed by atoms with Crippen molar-refractivity contribution in [3.63, 3.8) is 0 Å². The summed E-state index contributed by atoms with van der Waals surface area (Å²) in [6, 6.07) is 11.1. The molecule has 0 spiro atoms. The highest BCUT2D eigenvalue weighted by Crippen LogP contribution is 2.25. The third kappa shape index (κ3) is 4.15. The van der Waals surface area contributed by atoms with Crippen LogP contribution in [0.4, 0.5) is 5.82 Å². The highest BCUT2D eigenvalue weighted by atomic mass is 35.5. The summed E-state index contributed by atoms with van der Waals surface area (Å²) >= 11 is 7.06. The summed E-state index contributed by atoms with van der Waals surface area (Å²) in [5, 5.41) is 15.2. The average molecular weight is 375 g/mol. The number of amides is 1. The van der Waals surface area contributed by atoms with Crippen LogP contribution in [0.5, 0.6) is 0 Å². The quantitative estimate of drug-likeness (QED) is 0.690. The van der Waals surface area contributed by atoms with Crippen molar-refractivity contribution >= 4 is 35.1 Å². The van der Waals surface area contributed by atoms with Gasteiger partial charge in [0.2, 0.25) is 11.1 Å². The Morgan fingerprint density at radius 2 is 2.08 bits per heavy atom. The van der Waals surface area contributed by atoms with Crippen LogP contribution in [-0.2, 0) is 4.79 Å². The smallest absolute Gasteiger partial charge is 0.238 e. The number of aromatic nitrogens is 5. The van der Waals surface area contributed by atoms with Gasteiger partial charge in [-0.2, -0.15) is 4.68 Å². The minimum atomic E-state index is -0.411. The van der Waals surface area contributed by atoms with Crippen molar-refractivity contribution in [1.82, 2.24) is 25.2 Å². The Bertz CT molecular complexity index is 882. The van der Waals surface area contributed by atoms with Gasteiger partial charge in [0.1, 0.15) is 5.82 Å². The molecule has 0 fully saturated rings. The van der Waals surface area contributed by atoms with E-state index in [1.165, 1.54) is 18.0 Å². The molecule has 25 heavy (non-hydrogen) atoms. The van der Waals surface area contributed by atoms with Gasteiger partial charge < -0.3 is 5.32 Å². The Balaban J connectivity index is 1.72. The van der Waals surface area contributed by atoms with Crippen molar-refractivity contribution in [3.05, 3.63) is 53.2 Å². The lowest BCUT2D eigenvalue weighted by Gasteiger charge is -2.12. The maximum atomic E-state index is 12.4. The molecule has 9 heteroatoms. The lowest BCUT2D eigenvalue weighted by Crippen LogP contribution is -2.23. The van der Waals surface area contributed by atoms with Crippen LogP contribution in [0, 0.1) is 6.92 Å². The topological polar surface area (TPSA) is 85.6 Å². The summed E-state index contributed by atoms with van der Waals surface area (Å²) in [4.78, 5) is 16.4. The molecule has 0 aliphatic rings. The van der Waals surface area contributed by atoms with Gasteiger partial charge in [-0.1, -0.05) is 41.6 Å². The van der Waals surface area contributed by atoms with Gasteiger partial charge in [-0.15, -0.1) is 5.10 Å². The van der Waals surface area contributed by atoms with E-state index in [1.54, 1.807) is 23.7 Å². The number of pyridine rings is 1. The van der Waals surface area contributed by atoms with Crippen LogP contribution in [0.2, 0.25) is 5.02 Å². The van der Waals surface area contributed by atoms with E-state index >= 15 is 0 Å². The predicted octanol–water partition coefficient (Wildman–Crippen LogP) is 3.14. The molecule has 0 aliphatic carbocycles. The number of thioether (sulfide) groups is 1. The van der Waals surface area contributed by atoms with E-state index in [9.17, 15) is 4.79 Å². The van der Waals surface area contributed by atoms with Gasteiger partial charge in [-0.25, -0.2) is 4.98 Å². The first-order chi connectivity index (χ1) is 12.0. The predicted molar refractivity (Wildman–Crippen MR) is 97.1 cm³/mol. The Kier molecular flexibility index (Phi) is 5.30. The monoisotopic (exact) mass is 374 g/mol. The Morgan fingerprint density at radius 1 is 1.28 bits per heavy atom. The van der Waals surface area contributed by atoms with Crippen molar-refractivity contribution in [2.45, 2.75) is 24.3 Å². The zero-order valence-electron chi connectivity index (χ0n) is 13.5. The molecule has 1 amide bonds. The number of anilines is 1. The van der Waals surface area contributed by atoms with E-state index < -0.39 is 5.25 Å². The number of hydrogen-bond acceptors (Lipinski definition) is 6. The molecule has 2 heterocycles. The minimum absolute atomic E-state index is 0.195. The number of carbonyl (C=O) groups excluding carboxylic acids is 1. The second kappa shape index (κ2) is 7.62. The van der Waals surface area contributed by atoms with E-state index in [-0.39, 0.29) is 5.91 Å². The van der Waals surface area contributed by atoms with Crippen LogP contribution in [-0.4, -0.2) is 36.3 Å². The molecule has 0 bridgehead atoms. The molecule has 1 N–H and O–H groups in total. The highest BCUT2D eigenvalue weighted by Gasteiger charge is 2.20. The fourth-order valence-corrected chi connectivity index (χ4v) is 3.01. The first-order valence-corrected chi connectivity index (χ1v) is 8.74. The molecule has 0 saturated carbocycles. The van der Waals surface area contributed by atoms with Crippen LogP contribution in [0.25, 0.3) is 5.69 Å². The van der Waals surface area contributed by atoms with Crippen molar-refractivity contribution in [2.24, 2.45) is 0 Å². The van der Waals surface area contributed by atoms with Crippen LogP contribution >= 0.6 is 23.4 Å². The summed E-state index contributed by atoms with van der Waals surface area (Å²) in [6.07, 6.45) is 1.48. The maximum Gasteiger partial charge on any atom is 0.238 e. The molecule has 7 nitrogen and oxygen atoms in total. The summed E-state index contributed by atoms with van der Waals surface area (Å²) in [5.74, 6) is 0.250. The van der Waals surface area contributed by atoms with Crippen LogP contribution in [0.3, 0.4) is 0 Å². The number of nitrogens with zero attached hydrogens (tertiary/aromatic N) is 5. The molecular formula is C16H15ClN6OS. The van der Waals surface area contributed by atoms with Gasteiger partial charge in [0, 0.05) is 6.20 Å². The molecule has 0 saturated heterocycles. The molecule has 128 valence electrons. The highest BCUT2D eigenvalue weighted by molar-refractivity contribution is 8.00. The first kappa shape index (κ1) is 17.4. The minimum Gasteiger partial charge on any atom is -0.310 e. The summed E-state index contributed by atoms with van der Waals surface area (Å²) in [5.41, 5.74) is 1.92. The van der Waals surface area contributed by atoms with Crippen molar-refractivity contribution < 1.29 is 4.79 Å². The second-order valence-corrected chi connectivity index (χ2v) is 7.02. The molecule has 3 aromatic rings. The molecular weight excluding hydrogens is 360 g/mol. The third-order valence-corrected chi connectivity index (χ3v) is 4.67. The van der Waals surface area contributed by atoms with E-state index in [2.05, 4.69) is 25.8 Å². The molecule has 1 aromatic carbocycles. The molecule has 0 aliphatic heterocycles. The van der Waals surface area contributed by atoms with Gasteiger partial charge in [-0.3, -0.25) is 4.79 Å². The number of hydrogen-bond donors (Lipinski definition) is 1. The normalized spacial score (nSPS) is 12.0. The Labute approximate surface area is 153 Å². The zero-order valence-corrected chi connectivity index (χ0v) is 15.1. The van der Waals surface area contributed by atoms with Gasteiger partial charge in [0.05, 0.1) is 16.0 Å². The number of carbonyl (C=O) groups is 1. The van der Waals surface area contributed by atoms with Crippen molar-refractivity contribution in [1.29, 1.82) is 0 Å². The maximum absolute atomic E-state index is 12.4. The number of halogens is 1. The molecule has 1 atom stereocenters. The van der Waals surface area contributed by atoms with E-state index in [4.69, 9.17) is 11.6 Å². The second-order valence-electron chi connectivity index (χ2n) is 5.27. The van der Waals surface area contributed by atoms with Crippen molar-refractivity contribution in [3.8, 4) is 5.69 Å². The van der Waals surface area contributed by atoms with Gasteiger partial charge in [0.15, 0.2) is 0 Å². The summed E-state index contributed by atoms with van der Waals surface area (Å²) < 4.78 is 1.63. The van der Waals surface area contributed by atoms with Crippen LogP contribution < -0.4 is 5.32 Å². The molecule has 3 rings (SSSR count). The van der Waals surface area contributed by atoms with Crippen molar-refractivity contribution in [2.75, 3.05) is 5.32 Å². The van der Waals surface area contributed by atoms with E-state index in [1.807, 2.05) is 31.2 Å². The number of tetrazole rings is 1. The largest absolute Gasteiger partial charge is 0.310 e. The SMILES string of the molecule is Cc1ccccc1-n1nnnc1S[C@@H](C)C(=O)Nc1ccc(Cl)cn1. The fourth-order valence-electron chi connectivity index (χ4n) is 2.09. The summed E-state index contributed by atoms with van der Waals surface area (Å²) in [6.45, 7) is 3.76.